The zero-order valence-corrected chi connectivity index (χ0v) is 17.2. The molecule has 3 rings (SSSR count). The van der Waals surface area contributed by atoms with Crippen LogP contribution in [0.2, 0.25) is 5.02 Å². The number of ether oxygens (including phenoxy) is 2. The summed E-state index contributed by atoms with van der Waals surface area (Å²) < 4.78 is 11.2. The van der Waals surface area contributed by atoms with E-state index in [4.69, 9.17) is 21.1 Å². The van der Waals surface area contributed by atoms with Gasteiger partial charge in [-0.05, 0) is 30.7 Å². The minimum atomic E-state index is -1.97. The fraction of sp³-hybridized carbons (Fsp3) is 0.381. The molecule has 1 fully saturated rings. The second kappa shape index (κ2) is 8.89. The number of nitrogens with one attached hydrogen (secondary N) is 1. The Hall–Kier alpha value is -2.20. The summed E-state index contributed by atoms with van der Waals surface area (Å²) in [6.45, 7) is 0.679. The van der Waals surface area contributed by atoms with Crippen molar-refractivity contribution >= 4 is 17.5 Å². The molecule has 5 unspecified atom stereocenters. The van der Waals surface area contributed by atoms with E-state index in [1.807, 2.05) is 0 Å². The molecule has 0 aromatic heterocycles. The monoisotopic (exact) mass is 437 g/mol. The van der Waals surface area contributed by atoms with Crippen molar-refractivity contribution < 1.29 is 34.7 Å². The molecule has 0 saturated carbocycles. The predicted octanol–water partition coefficient (Wildman–Crippen LogP) is 0.935. The van der Waals surface area contributed by atoms with E-state index in [9.17, 15) is 25.2 Å². The van der Waals surface area contributed by atoms with Gasteiger partial charge in [-0.2, -0.15) is 0 Å². The smallest absolute Gasteiger partial charge is 0.251 e. The Bertz CT molecular complexity index is 920. The third-order valence-corrected chi connectivity index (χ3v) is 5.51. The largest absolute Gasteiger partial charge is 0.460 e. The van der Waals surface area contributed by atoms with Gasteiger partial charge in [0.2, 0.25) is 6.29 Å². The summed E-state index contributed by atoms with van der Waals surface area (Å²) in [5, 5.41) is 43.0. The Morgan fingerprint density at radius 2 is 1.97 bits per heavy atom. The highest BCUT2D eigenvalue weighted by atomic mass is 35.5. The Balaban J connectivity index is 1.93. The molecule has 162 valence electrons. The fourth-order valence-corrected chi connectivity index (χ4v) is 3.56. The van der Waals surface area contributed by atoms with Crippen LogP contribution >= 0.6 is 11.6 Å². The van der Waals surface area contributed by atoms with E-state index in [1.165, 1.54) is 14.0 Å². The maximum Gasteiger partial charge on any atom is 0.251 e. The van der Waals surface area contributed by atoms with Crippen molar-refractivity contribution in [3.63, 3.8) is 0 Å². The van der Waals surface area contributed by atoms with Gasteiger partial charge in [-0.1, -0.05) is 35.9 Å². The van der Waals surface area contributed by atoms with Gasteiger partial charge in [0.1, 0.15) is 24.1 Å². The van der Waals surface area contributed by atoms with Crippen molar-refractivity contribution in [2.75, 3.05) is 13.7 Å². The van der Waals surface area contributed by atoms with Crippen LogP contribution < -0.4 is 10.1 Å². The number of aliphatic hydroxyl groups excluding tert-OH is 3. The molecule has 5 atom stereocenters. The van der Waals surface area contributed by atoms with Gasteiger partial charge in [0.15, 0.2) is 5.60 Å². The first-order valence-corrected chi connectivity index (χ1v) is 9.71. The molecule has 30 heavy (non-hydrogen) atoms. The van der Waals surface area contributed by atoms with Crippen LogP contribution in [0.1, 0.15) is 17.3 Å². The maximum atomic E-state index is 11.9. The SMILES string of the molecule is CNC(=O)c1cccc(-c2cccc(OC3OC(CO)C(O)C(O)C3(C)O)c2Cl)c1. The number of hydrogen-bond donors (Lipinski definition) is 5. The van der Waals surface area contributed by atoms with E-state index < -0.39 is 36.8 Å². The predicted molar refractivity (Wildman–Crippen MR) is 109 cm³/mol. The first kappa shape index (κ1) is 22.5. The number of rotatable bonds is 5. The molecular formula is C21H24ClNO7. The lowest BCUT2D eigenvalue weighted by Gasteiger charge is -2.45. The first-order chi connectivity index (χ1) is 14.2. The topological polar surface area (TPSA) is 128 Å². The van der Waals surface area contributed by atoms with Crippen LogP contribution in [0.15, 0.2) is 42.5 Å². The average Bonchev–Trinajstić information content (AvgIpc) is 2.75. The van der Waals surface area contributed by atoms with Crippen LogP contribution in [0.4, 0.5) is 0 Å². The molecule has 2 aromatic rings. The quantitative estimate of drug-likeness (QED) is 0.470. The number of aliphatic hydroxyl groups is 4. The summed E-state index contributed by atoms with van der Waals surface area (Å²) in [5.74, 6) is -0.0836. The summed E-state index contributed by atoms with van der Waals surface area (Å²) in [5.41, 5.74) is -0.260. The van der Waals surface area contributed by atoms with Crippen molar-refractivity contribution in [1.82, 2.24) is 5.32 Å². The molecule has 8 nitrogen and oxygen atoms in total. The van der Waals surface area contributed by atoms with Gasteiger partial charge in [0.25, 0.3) is 5.91 Å². The molecule has 1 heterocycles. The number of hydrogen-bond acceptors (Lipinski definition) is 7. The van der Waals surface area contributed by atoms with E-state index in [-0.39, 0.29) is 16.7 Å². The molecule has 0 radical (unpaired) electrons. The molecule has 1 saturated heterocycles. The van der Waals surface area contributed by atoms with E-state index in [2.05, 4.69) is 5.32 Å². The second-order valence-corrected chi connectivity index (χ2v) is 7.62. The zero-order chi connectivity index (χ0) is 22.1. The summed E-state index contributed by atoms with van der Waals surface area (Å²) >= 11 is 6.53. The number of halogens is 1. The van der Waals surface area contributed by atoms with Crippen molar-refractivity contribution in [1.29, 1.82) is 0 Å². The molecule has 0 spiro atoms. The highest BCUT2D eigenvalue weighted by Crippen LogP contribution is 2.38. The second-order valence-electron chi connectivity index (χ2n) is 7.25. The molecule has 9 heteroatoms. The highest BCUT2D eigenvalue weighted by molar-refractivity contribution is 6.34. The van der Waals surface area contributed by atoms with Gasteiger partial charge < -0.3 is 35.2 Å². The van der Waals surface area contributed by atoms with E-state index in [0.29, 0.717) is 16.7 Å². The lowest BCUT2D eigenvalue weighted by atomic mass is 9.88. The highest BCUT2D eigenvalue weighted by Gasteiger charge is 2.53. The van der Waals surface area contributed by atoms with Gasteiger partial charge in [-0.15, -0.1) is 0 Å². The summed E-state index contributed by atoms with van der Waals surface area (Å²) in [6, 6.07) is 11.8. The number of benzene rings is 2. The van der Waals surface area contributed by atoms with Crippen molar-refractivity contribution in [2.45, 2.75) is 37.1 Å². The van der Waals surface area contributed by atoms with Gasteiger partial charge in [-0.25, -0.2) is 0 Å². The van der Waals surface area contributed by atoms with Crippen molar-refractivity contribution in [2.24, 2.45) is 0 Å². The molecule has 0 aliphatic carbocycles. The third kappa shape index (κ3) is 4.15. The van der Waals surface area contributed by atoms with Gasteiger partial charge >= 0.3 is 0 Å². The third-order valence-electron chi connectivity index (χ3n) is 5.12. The van der Waals surface area contributed by atoms with Crippen LogP contribution in [-0.2, 0) is 4.74 Å². The van der Waals surface area contributed by atoms with Crippen LogP contribution in [-0.4, -0.2) is 70.2 Å². The average molecular weight is 438 g/mol. The Kier molecular flexibility index (Phi) is 6.66. The molecule has 2 aromatic carbocycles. The molecule has 1 aliphatic rings. The Labute approximate surface area is 178 Å². The van der Waals surface area contributed by atoms with Gasteiger partial charge in [-0.3, -0.25) is 4.79 Å². The summed E-state index contributed by atoms with van der Waals surface area (Å²) in [4.78, 5) is 11.9. The van der Waals surface area contributed by atoms with Crippen molar-refractivity contribution in [3.8, 4) is 16.9 Å². The van der Waals surface area contributed by atoms with Gasteiger partial charge in [0.05, 0.1) is 11.6 Å². The number of carbonyl (C=O) groups excluding carboxylic acids is 1. The maximum absolute atomic E-state index is 11.9. The Morgan fingerprint density at radius 3 is 2.63 bits per heavy atom. The normalized spacial score (nSPS) is 28.8. The molecule has 1 amide bonds. The van der Waals surface area contributed by atoms with Crippen LogP contribution in [0.25, 0.3) is 11.1 Å². The van der Waals surface area contributed by atoms with E-state index in [1.54, 1.807) is 42.5 Å². The van der Waals surface area contributed by atoms with Crippen LogP contribution in [0, 0.1) is 0 Å². The van der Waals surface area contributed by atoms with E-state index >= 15 is 0 Å². The number of carbonyl (C=O) groups is 1. The lowest BCUT2D eigenvalue weighted by Crippen LogP contribution is -2.66. The summed E-state index contributed by atoms with van der Waals surface area (Å²) in [7, 11) is 1.54. The molecule has 5 N–H and O–H groups in total. The molecule has 0 bridgehead atoms. The first-order valence-electron chi connectivity index (χ1n) is 9.33. The van der Waals surface area contributed by atoms with Crippen molar-refractivity contribution in [3.05, 3.63) is 53.1 Å². The van der Waals surface area contributed by atoms with Crippen LogP contribution in [0.5, 0.6) is 5.75 Å². The summed E-state index contributed by atoms with van der Waals surface area (Å²) in [6.07, 6.45) is -5.65. The minimum absolute atomic E-state index is 0.157. The van der Waals surface area contributed by atoms with Crippen LogP contribution in [0.3, 0.4) is 0 Å². The standard InChI is InChI=1S/C21H24ClNO7/c1-21(28)18(26)17(25)15(10-24)30-20(21)29-14-8-4-7-13(16(14)22)11-5-3-6-12(9-11)19(27)23-2/h3-9,15,17-18,20,24-26,28H,10H2,1-2H3,(H,23,27). The minimum Gasteiger partial charge on any atom is -0.460 e. The van der Waals surface area contributed by atoms with E-state index in [0.717, 1.165) is 0 Å². The Morgan fingerprint density at radius 1 is 1.27 bits per heavy atom. The number of amides is 1. The van der Waals surface area contributed by atoms with Gasteiger partial charge in [0, 0.05) is 18.2 Å². The fourth-order valence-electron chi connectivity index (χ4n) is 3.28. The molecule has 1 aliphatic heterocycles. The zero-order valence-electron chi connectivity index (χ0n) is 16.4. The lowest BCUT2D eigenvalue weighted by molar-refractivity contribution is -0.314. The molecular weight excluding hydrogens is 414 g/mol.